The zero-order chi connectivity index (χ0) is 12.4. The molecule has 1 aromatic carbocycles. The Kier molecular flexibility index (Phi) is 2.57. The minimum absolute atomic E-state index is 0.402. The highest BCUT2D eigenvalue weighted by molar-refractivity contribution is 5.77. The molecule has 0 radical (unpaired) electrons. The van der Waals surface area contributed by atoms with E-state index >= 15 is 0 Å². The van der Waals surface area contributed by atoms with Gasteiger partial charge in [-0.1, -0.05) is 35.4 Å². The summed E-state index contributed by atoms with van der Waals surface area (Å²) in [6.45, 7) is 0. The molecule has 1 aromatic heterocycles. The summed E-state index contributed by atoms with van der Waals surface area (Å²) < 4.78 is 0. The molecule has 2 heterocycles. The molecule has 5 nitrogen and oxygen atoms in total. The summed E-state index contributed by atoms with van der Waals surface area (Å²) in [4.78, 5) is 15.2. The van der Waals surface area contributed by atoms with Crippen molar-refractivity contribution in [1.29, 1.82) is 0 Å². The quantitative estimate of drug-likeness (QED) is 0.874. The van der Waals surface area contributed by atoms with Crippen LogP contribution in [-0.2, 0) is 0 Å². The number of urea groups is 1. The minimum atomic E-state index is -0.408. The van der Waals surface area contributed by atoms with Crippen molar-refractivity contribution >= 4 is 6.03 Å². The number of benzene rings is 1. The molecule has 18 heavy (non-hydrogen) atoms. The van der Waals surface area contributed by atoms with E-state index in [1.807, 2.05) is 36.4 Å². The standard InChI is InChI=1S/C13H10N4O/c18-13-15-12(16-17-13)11-6-2-1-5-10(11)9-4-3-7-14-8-9/h1-8,12H,(H,15,18). The van der Waals surface area contributed by atoms with Crippen molar-refractivity contribution in [2.24, 2.45) is 10.2 Å². The molecule has 0 fully saturated rings. The SMILES string of the molecule is O=C1N=NC(c2ccccc2-c2cccnc2)N1. The Morgan fingerprint density at radius 2 is 2.00 bits per heavy atom. The average molecular weight is 238 g/mol. The lowest BCUT2D eigenvalue weighted by atomic mass is 9.99. The van der Waals surface area contributed by atoms with Crippen LogP contribution in [0.25, 0.3) is 11.1 Å². The second-order valence-corrected chi connectivity index (χ2v) is 3.90. The Hall–Kier alpha value is -2.56. The van der Waals surface area contributed by atoms with Gasteiger partial charge in [-0.25, -0.2) is 4.79 Å². The molecule has 0 aliphatic carbocycles. The molecule has 0 spiro atoms. The van der Waals surface area contributed by atoms with Crippen LogP contribution in [-0.4, -0.2) is 11.0 Å². The molecule has 2 aromatic rings. The molecule has 1 N–H and O–H groups in total. The van der Waals surface area contributed by atoms with E-state index in [0.717, 1.165) is 16.7 Å². The van der Waals surface area contributed by atoms with E-state index in [2.05, 4.69) is 20.5 Å². The highest BCUT2D eigenvalue weighted by Crippen LogP contribution is 2.29. The zero-order valence-electron chi connectivity index (χ0n) is 9.45. The first-order valence-corrected chi connectivity index (χ1v) is 5.55. The third-order valence-corrected chi connectivity index (χ3v) is 2.75. The topological polar surface area (TPSA) is 66.7 Å². The van der Waals surface area contributed by atoms with E-state index < -0.39 is 12.2 Å². The van der Waals surface area contributed by atoms with E-state index in [4.69, 9.17) is 0 Å². The van der Waals surface area contributed by atoms with Crippen molar-refractivity contribution in [3.05, 3.63) is 54.4 Å². The first-order chi connectivity index (χ1) is 8.84. The first kappa shape index (κ1) is 10.6. The number of pyridine rings is 1. The van der Waals surface area contributed by atoms with Gasteiger partial charge in [0.15, 0.2) is 6.17 Å². The van der Waals surface area contributed by atoms with Gasteiger partial charge in [0.2, 0.25) is 0 Å². The lowest BCUT2D eigenvalue weighted by Gasteiger charge is -2.12. The van der Waals surface area contributed by atoms with Gasteiger partial charge in [0.1, 0.15) is 0 Å². The normalized spacial score (nSPS) is 17.8. The fraction of sp³-hybridized carbons (Fsp3) is 0.0769. The van der Waals surface area contributed by atoms with Gasteiger partial charge in [-0.2, -0.15) is 5.11 Å². The highest BCUT2D eigenvalue weighted by Gasteiger charge is 2.22. The minimum Gasteiger partial charge on any atom is -0.307 e. The molecule has 1 aliphatic rings. The maximum Gasteiger partial charge on any atom is 0.361 e. The summed E-state index contributed by atoms with van der Waals surface area (Å²) in [7, 11) is 0. The van der Waals surface area contributed by atoms with Crippen LogP contribution in [0.1, 0.15) is 11.7 Å². The molecule has 0 saturated heterocycles. The molecular formula is C13H10N4O. The van der Waals surface area contributed by atoms with Gasteiger partial charge in [-0.3, -0.25) is 4.98 Å². The number of carbonyl (C=O) groups is 1. The van der Waals surface area contributed by atoms with Crippen LogP contribution in [0, 0.1) is 0 Å². The van der Waals surface area contributed by atoms with Gasteiger partial charge in [0, 0.05) is 23.5 Å². The number of nitrogens with zero attached hydrogens (tertiary/aromatic N) is 3. The Morgan fingerprint density at radius 3 is 2.72 bits per heavy atom. The first-order valence-electron chi connectivity index (χ1n) is 5.55. The van der Waals surface area contributed by atoms with Crippen LogP contribution >= 0.6 is 0 Å². The van der Waals surface area contributed by atoms with E-state index in [-0.39, 0.29) is 0 Å². The van der Waals surface area contributed by atoms with Crippen molar-refractivity contribution < 1.29 is 4.79 Å². The fourth-order valence-corrected chi connectivity index (χ4v) is 1.95. The Balaban J connectivity index is 2.06. The molecule has 5 heteroatoms. The number of aromatic nitrogens is 1. The number of hydrogen-bond acceptors (Lipinski definition) is 3. The number of azo groups is 1. The second-order valence-electron chi connectivity index (χ2n) is 3.90. The van der Waals surface area contributed by atoms with Crippen LogP contribution in [0.5, 0.6) is 0 Å². The van der Waals surface area contributed by atoms with Gasteiger partial charge >= 0.3 is 6.03 Å². The predicted molar refractivity (Wildman–Crippen MR) is 65.8 cm³/mol. The average Bonchev–Trinajstić information content (AvgIpc) is 2.86. The molecule has 1 unspecified atom stereocenters. The van der Waals surface area contributed by atoms with Crippen molar-refractivity contribution in [3.63, 3.8) is 0 Å². The molecule has 88 valence electrons. The highest BCUT2D eigenvalue weighted by atomic mass is 16.2. The maximum atomic E-state index is 11.1. The number of nitrogens with one attached hydrogen (secondary N) is 1. The van der Waals surface area contributed by atoms with E-state index in [9.17, 15) is 4.79 Å². The fourth-order valence-electron chi connectivity index (χ4n) is 1.95. The third kappa shape index (κ3) is 1.86. The Labute approximate surface area is 104 Å². The number of amides is 2. The lowest BCUT2D eigenvalue weighted by molar-refractivity contribution is 0.250. The van der Waals surface area contributed by atoms with Crippen LogP contribution in [0.4, 0.5) is 4.79 Å². The predicted octanol–water partition coefficient (Wildman–Crippen LogP) is 2.92. The van der Waals surface area contributed by atoms with Crippen molar-refractivity contribution in [3.8, 4) is 11.1 Å². The molecular weight excluding hydrogens is 228 g/mol. The van der Waals surface area contributed by atoms with Gasteiger partial charge in [-0.05, 0) is 11.6 Å². The van der Waals surface area contributed by atoms with Gasteiger partial charge in [-0.15, -0.1) is 0 Å². The van der Waals surface area contributed by atoms with E-state index in [1.54, 1.807) is 12.4 Å². The van der Waals surface area contributed by atoms with Crippen molar-refractivity contribution in [2.45, 2.75) is 6.17 Å². The molecule has 0 bridgehead atoms. The summed E-state index contributed by atoms with van der Waals surface area (Å²) in [5, 5.41) is 10.1. The Bertz CT molecular complexity index is 609. The molecule has 3 rings (SSSR count). The molecule has 1 atom stereocenters. The number of rotatable bonds is 2. The van der Waals surface area contributed by atoms with Gasteiger partial charge < -0.3 is 5.32 Å². The smallest absolute Gasteiger partial charge is 0.307 e. The summed E-state index contributed by atoms with van der Waals surface area (Å²) in [6.07, 6.45) is 3.10. The van der Waals surface area contributed by atoms with E-state index in [0.29, 0.717) is 0 Å². The van der Waals surface area contributed by atoms with Crippen LogP contribution in [0.3, 0.4) is 0 Å². The van der Waals surface area contributed by atoms with Crippen LogP contribution in [0.2, 0.25) is 0 Å². The van der Waals surface area contributed by atoms with E-state index in [1.165, 1.54) is 0 Å². The summed E-state index contributed by atoms with van der Waals surface area (Å²) in [6, 6.07) is 11.2. The van der Waals surface area contributed by atoms with Crippen molar-refractivity contribution in [1.82, 2.24) is 10.3 Å². The van der Waals surface area contributed by atoms with Crippen molar-refractivity contribution in [2.75, 3.05) is 0 Å². The second kappa shape index (κ2) is 4.37. The largest absolute Gasteiger partial charge is 0.361 e. The van der Waals surface area contributed by atoms with Gasteiger partial charge in [0.05, 0.1) is 0 Å². The maximum absolute atomic E-state index is 11.1. The van der Waals surface area contributed by atoms with Crippen LogP contribution < -0.4 is 5.32 Å². The molecule has 0 saturated carbocycles. The number of carbonyl (C=O) groups excluding carboxylic acids is 1. The summed E-state index contributed by atoms with van der Waals surface area (Å²) in [5.74, 6) is 0. The zero-order valence-corrected chi connectivity index (χ0v) is 9.45. The molecule has 2 amide bonds. The molecule has 1 aliphatic heterocycles. The third-order valence-electron chi connectivity index (χ3n) is 2.75. The lowest BCUT2D eigenvalue weighted by Crippen LogP contribution is -2.18. The van der Waals surface area contributed by atoms with Gasteiger partial charge in [0.25, 0.3) is 0 Å². The summed E-state index contributed by atoms with van der Waals surface area (Å²) >= 11 is 0. The van der Waals surface area contributed by atoms with Crippen LogP contribution in [0.15, 0.2) is 59.0 Å². The monoisotopic (exact) mass is 238 g/mol. The Morgan fingerprint density at radius 1 is 1.11 bits per heavy atom. The summed E-state index contributed by atoms with van der Waals surface area (Å²) in [5.41, 5.74) is 2.90. The number of hydrogen-bond donors (Lipinski definition) is 1.